The zero-order chi connectivity index (χ0) is 12.8. The largest absolute Gasteiger partial charge is 0.399 e. The topological polar surface area (TPSA) is 161 Å². The summed E-state index contributed by atoms with van der Waals surface area (Å²) in [5.74, 6) is 0. The minimum atomic E-state index is -4.93. The molecule has 0 heterocycles. The van der Waals surface area contributed by atoms with E-state index in [1.807, 2.05) is 0 Å². The van der Waals surface area contributed by atoms with Crippen molar-refractivity contribution in [2.45, 2.75) is 10.1 Å². The summed E-state index contributed by atoms with van der Waals surface area (Å²) in [7, 11) is -9.75. The minimum Gasteiger partial charge on any atom is -0.399 e. The summed E-state index contributed by atoms with van der Waals surface area (Å²) in [5, 5.41) is -2.06. The van der Waals surface area contributed by atoms with Gasteiger partial charge in [-0.15, -0.1) is 0 Å². The Morgan fingerprint density at radius 2 is 1.75 bits per heavy atom. The van der Waals surface area contributed by atoms with Gasteiger partial charge < -0.3 is 11.5 Å². The van der Waals surface area contributed by atoms with Crippen LogP contribution in [0.3, 0.4) is 0 Å². The van der Waals surface area contributed by atoms with Crippen LogP contribution in [0.1, 0.15) is 0 Å². The molecule has 16 heavy (non-hydrogen) atoms. The summed E-state index contributed by atoms with van der Waals surface area (Å²) < 4.78 is 61.6. The summed E-state index contributed by atoms with van der Waals surface area (Å²) >= 11 is 0. The molecule has 0 saturated heterocycles. The lowest BCUT2D eigenvalue weighted by Crippen LogP contribution is -2.58. The molecule has 0 radical (unpaired) electrons. The molecule has 2 unspecified atom stereocenters. The molecule has 0 aromatic carbocycles. The molecular formula is C6H10N2O6S2. The Balaban J connectivity index is 3.49. The minimum absolute atomic E-state index is 0.0904. The third-order valence-corrected chi connectivity index (χ3v) is 4.69. The fourth-order valence-corrected chi connectivity index (χ4v) is 3.44. The molecule has 0 aromatic heterocycles. The van der Waals surface area contributed by atoms with E-state index in [9.17, 15) is 16.8 Å². The van der Waals surface area contributed by atoms with E-state index in [-0.39, 0.29) is 5.70 Å². The van der Waals surface area contributed by atoms with Gasteiger partial charge in [0, 0.05) is 5.70 Å². The number of allylic oxidation sites excluding steroid dienone is 1. The zero-order valence-corrected chi connectivity index (χ0v) is 9.44. The molecule has 92 valence electrons. The van der Waals surface area contributed by atoms with E-state index in [0.29, 0.717) is 6.08 Å². The normalized spacial score (nSPS) is 31.2. The van der Waals surface area contributed by atoms with Crippen LogP contribution in [0.5, 0.6) is 0 Å². The quantitative estimate of drug-likeness (QED) is 0.427. The summed E-state index contributed by atoms with van der Waals surface area (Å²) in [6, 6.07) is 0. The van der Waals surface area contributed by atoms with E-state index < -0.39 is 30.4 Å². The van der Waals surface area contributed by atoms with Crippen molar-refractivity contribution in [1.29, 1.82) is 0 Å². The second-order valence-electron chi connectivity index (χ2n) is 3.26. The second kappa shape index (κ2) is 3.53. The van der Waals surface area contributed by atoms with Gasteiger partial charge in [-0.25, -0.2) is 0 Å². The Morgan fingerprint density at radius 3 is 2.12 bits per heavy atom. The van der Waals surface area contributed by atoms with Crippen molar-refractivity contribution in [3.05, 3.63) is 23.9 Å². The van der Waals surface area contributed by atoms with Crippen molar-refractivity contribution in [2.24, 2.45) is 11.5 Å². The summed E-state index contributed by atoms with van der Waals surface area (Å²) in [5.41, 5.74) is 10.4. The highest BCUT2D eigenvalue weighted by Crippen LogP contribution is 2.27. The Hall–Kier alpha value is -0.940. The van der Waals surface area contributed by atoms with Crippen molar-refractivity contribution >= 4 is 20.2 Å². The average molecular weight is 270 g/mol. The molecule has 0 aliphatic heterocycles. The van der Waals surface area contributed by atoms with Gasteiger partial charge in [0.15, 0.2) is 4.87 Å². The molecule has 0 spiro atoms. The summed E-state index contributed by atoms with van der Waals surface area (Å²) in [6.07, 6.45) is 2.47. The molecule has 6 N–H and O–H groups in total. The van der Waals surface area contributed by atoms with Gasteiger partial charge in [0.2, 0.25) is 0 Å². The molecule has 2 atom stereocenters. The first-order chi connectivity index (χ1) is 6.98. The van der Waals surface area contributed by atoms with Gasteiger partial charge >= 0.3 is 0 Å². The third kappa shape index (κ3) is 2.10. The van der Waals surface area contributed by atoms with Gasteiger partial charge in [0.25, 0.3) is 20.2 Å². The highest BCUT2D eigenvalue weighted by Gasteiger charge is 2.51. The van der Waals surface area contributed by atoms with Crippen LogP contribution in [0.15, 0.2) is 23.9 Å². The van der Waals surface area contributed by atoms with E-state index in [4.69, 9.17) is 20.6 Å². The van der Waals surface area contributed by atoms with Crippen LogP contribution in [0.2, 0.25) is 0 Å². The van der Waals surface area contributed by atoms with Gasteiger partial charge in [-0.05, 0) is 18.2 Å². The van der Waals surface area contributed by atoms with Crippen molar-refractivity contribution in [3.63, 3.8) is 0 Å². The van der Waals surface area contributed by atoms with Crippen molar-refractivity contribution in [1.82, 2.24) is 0 Å². The fraction of sp³-hybridized carbons (Fsp3) is 0.333. The van der Waals surface area contributed by atoms with Gasteiger partial charge in [-0.1, -0.05) is 0 Å². The van der Waals surface area contributed by atoms with Gasteiger partial charge in [0.1, 0.15) is 5.25 Å². The smallest absolute Gasteiger partial charge is 0.289 e. The monoisotopic (exact) mass is 270 g/mol. The van der Waals surface area contributed by atoms with E-state index in [2.05, 4.69) is 0 Å². The average Bonchev–Trinajstić information content (AvgIpc) is 2.05. The summed E-state index contributed by atoms with van der Waals surface area (Å²) in [6.45, 7) is 0. The van der Waals surface area contributed by atoms with E-state index in [0.717, 1.165) is 12.2 Å². The highest BCUT2D eigenvalue weighted by molar-refractivity contribution is 7.91. The van der Waals surface area contributed by atoms with Gasteiger partial charge in [-0.2, -0.15) is 16.8 Å². The zero-order valence-electron chi connectivity index (χ0n) is 7.81. The Morgan fingerprint density at radius 1 is 1.25 bits per heavy atom. The van der Waals surface area contributed by atoms with Crippen LogP contribution < -0.4 is 11.5 Å². The Bertz CT molecular complexity index is 560. The number of rotatable bonds is 2. The predicted molar refractivity (Wildman–Crippen MR) is 55.2 cm³/mol. The molecule has 1 rings (SSSR count). The maximum atomic E-state index is 11.0. The lowest BCUT2D eigenvalue weighted by atomic mass is 10.1. The highest BCUT2D eigenvalue weighted by atomic mass is 32.2. The van der Waals surface area contributed by atoms with E-state index in [1.54, 1.807) is 0 Å². The first kappa shape index (κ1) is 13.1. The molecule has 0 bridgehead atoms. The molecule has 0 aromatic rings. The standard InChI is InChI=1S/C6H10N2O6S2/c7-4-1-2-6(8,16(12,13)14)5(3-4)15(9,10)11/h1-3,5H,7-8H2,(H,9,10,11)(H,12,13,14). The summed E-state index contributed by atoms with van der Waals surface area (Å²) in [4.78, 5) is -2.65. The molecule has 0 fully saturated rings. The van der Waals surface area contributed by atoms with Crippen molar-refractivity contribution in [3.8, 4) is 0 Å². The van der Waals surface area contributed by atoms with Crippen LogP contribution in [0, 0.1) is 0 Å². The Kier molecular flexibility index (Phi) is 2.90. The van der Waals surface area contributed by atoms with Crippen LogP contribution >= 0.6 is 0 Å². The SMILES string of the molecule is NC1=CC(S(=O)(=O)O)C(N)(S(=O)(=O)O)C=C1. The fourth-order valence-electron chi connectivity index (χ4n) is 1.23. The van der Waals surface area contributed by atoms with Crippen LogP contribution in [-0.4, -0.2) is 36.1 Å². The van der Waals surface area contributed by atoms with Crippen molar-refractivity contribution < 1.29 is 25.9 Å². The first-order valence-corrected chi connectivity index (χ1v) is 6.81. The van der Waals surface area contributed by atoms with Crippen molar-refractivity contribution in [2.75, 3.05) is 0 Å². The van der Waals surface area contributed by atoms with Gasteiger partial charge in [0.05, 0.1) is 0 Å². The lowest BCUT2D eigenvalue weighted by Gasteiger charge is -2.30. The molecule has 1 aliphatic carbocycles. The van der Waals surface area contributed by atoms with Crippen LogP contribution in [0.4, 0.5) is 0 Å². The molecule has 10 heteroatoms. The Labute approximate surface area is 92.1 Å². The number of nitrogens with two attached hydrogens (primary N) is 2. The lowest BCUT2D eigenvalue weighted by molar-refractivity contribution is 0.427. The number of hydrogen-bond acceptors (Lipinski definition) is 6. The molecule has 1 aliphatic rings. The van der Waals surface area contributed by atoms with Gasteiger partial charge in [-0.3, -0.25) is 9.11 Å². The van der Waals surface area contributed by atoms with Crippen LogP contribution in [0.25, 0.3) is 0 Å². The van der Waals surface area contributed by atoms with Crippen LogP contribution in [-0.2, 0) is 20.2 Å². The second-order valence-corrected chi connectivity index (χ2v) is 6.46. The maximum Gasteiger partial charge on any atom is 0.289 e. The van der Waals surface area contributed by atoms with E-state index >= 15 is 0 Å². The predicted octanol–water partition coefficient (Wildman–Crippen LogP) is -1.80. The molecule has 0 saturated carbocycles. The molecule has 8 nitrogen and oxygen atoms in total. The third-order valence-electron chi connectivity index (χ3n) is 2.09. The first-order valence-electron chi connectivity index (χ1n) is 3.87. The molecular weight excluding hydrogens is 260 g/mol. The molecule has 0 amide bonds. The maximum absolute atomic E-state index is 11.0. The van der Waals surface area contributed by atoms with E-state index in [1.165, 1.54) is 0 Å². The number of hydrogen-bond donors (Lipinski definition) is 4.